The highest BCUT2D eigenvalue weighted by Gasteiger charge is 2.31. The fourth-order valence-electron chi connectivity index (χ4n) is 3.00. The molecular weight excluding hydrogens is 252 g/mol. The zero-order valence-corrected chi connectivity index (χ0v) is 12.7. The lowest BCUT2D eigenvalue weighted by molar-refractivity contribution is 0.0685. The highest BCUT2D eigenvalue weighted by molar-refractivity contribution is 5.31. The molecule has 4 heteroatoms. The smallest absolute Gasteiger partial charge is 0.119 e. The second-order valence-electron chi connectivity index (χ2n) is 5.35. The third-order valence-electron chi connectivity index (χ3n) is 4.13. The molecule has 4 nitrogen and oxygen atoms in total. The summed E-state index contributed by atoms with van der Waals surface area (Å²) >= 11 is 0. The van der Waals surface area contributed by atoms with Crippen molar-refractivity contribution in [2.45, 2.75) is 38.5 Å². The van der Waals surface area contributed by atoms with Gasteiger partial charge in [-0.3, -0.25) is 4.90 Å². The molecule has 1 heterocycles. The molecule has 2 N–H and O–H groups in total. The van der Waals surface area contributed by atoms with Crippen molar-refractivity contribution in [1.29, 1.82) is 0 Å². The van der Waals surface area contributed by atoms with E-state index in [1.165, 1.54) is 5.56 Å². The molecule has 3 atom stereocenters. The molecule has 0 saturated carbocycles. The normalized spacial score (nSPS) is 24.1. The van der Waals surface area contributed by atoms with Gasteiger partial charge >= 0.3 is 0 Å². The van der Waals surface area contributed by atoms with Crippen LogP contribution in [0, 0.1) is 0 Å². The monoisotopic (exact) mass is 278 g/mol. The highest BCUT2D eigenvalue weighted by Crippen LogP contribution is 2.28. The molecule has 112 valence electrons. The van der Waals surface area contributed by atoms with E-state index >= 15 is 0 Å². The van der Waals surface area contributed by atoms with Crippen LogP contribution < -0.4 is 10.5 Å². The van der Waals surface area contributed by atoms with Crippen molar-refractivity contribution in [2.75, 3.05) is 26.8 Å². The molecule has 3 unspecified atom stereocenters. The van der Waals surface area contributed by atoms with Crippen LogP contribution in [0.15, 0.2) is 24.3 Å². The quantitative estimate of drug-likeness (QED) is 0.866. The van der Waals surface area contributed by atoms with Gasteiger partial charge in [0.25, 0.3) is 0 Å². The van der Waals surface area contributed by atoms with Crippen molar-refractivity contribution in [3.63, 3.8) is 0 Å². The largest absolute Gasteiger partial charge is 0.494 e. The second-order valence-corrected chi connectivity index (χ2v) is 5.35. The summed E-state index contributed by atoms with van der Waals surface area (Å²) in [5.41, 5.74) is 7.23. The fourth-order valence-corrected chi connectivity index (χ4v) is 3.00. The van der Waals surface area contributed by atoms with Crippen LogP contribution in [0.1, 0.15) is 31.9 Å². The zero-order chi connectivity index (χ0) is 14.5. The van der Waals surface area contributed by atoms with Crippen LogP contribution in [0.4, 0.5) is 0 Å². The number of benzene rings is 1. The Morgan fingerprint density at radius 1 is 1.50 bits per heavy atom. The Bertz CT molecular complexity index is 425. The van der Waals surface area contributed by atoms with Crippen molar-refractivity contribution >= 4 is 0 Å². The Balaban J connectivity index is 2.16. The van der Waals surface area contributed by atoms with E-state index in [0.717, 1.165) is 18.8 Å². The van der Waals surface area contributed by atoms with Gasteiger partial charge in [-0.05, 0) is 45.0 Å². The average molecular weight is 278 g/mol. The van der Waals surface area contributed by atoms with Crippen LogP contribution in [0.2, 0.25) is 0 Å². The lowest BCUT2D eigenvalue weighted by atomic mass is 10.0. The molecule has 0 bridgehead atoms. The molecule has 2 rings (SSSR count). The van der Waals surface area contributed by atoms with E-state index in [4.69, 9.17) is 15.2 Å². The molecule has 0 radical (unpaired) electrons. The third-order valence-corrected chi connectivity index (χ3v) is 4.13. The number of nitrogens with two attached hydrogens (primary N) is 1. The third kappa shape index (κ3) is 3.32. The van der Waals surface area contributed by atoms with Gasteiger partial charge in [0.15, 0.2) is 0 Å². The minimum Gasteiger partial charge on any atom is -0.494 e. The number of nitrogens with zero attached hydrogens (tertiary/aromatic N) is 1. The molecule has 0 spiro atoms. The van der Waals surface area contributed by atoms with Crippen LogP contribution in [0.25, 0.3) is 0 Å². The Morgan fingerprint density at radius 3 is 2.90 bits per heavy atom. The van der Waals surface area contributed by atoms with Crippen molar-refractivity contribution in [3.8, 4) is 5.75 Å². The van der Waals surface area contributed by atoms with Gasteiger partial charge in [0.1, 0.15) is 5.75 Å². The maximum atomic E-state index is 6.02. The van der Waals surface area contributed by atoms with Crippen molar-refractivity contribution in [1.82, 2.24) is 4.90 Å². The molecule has 1 aliphatic heterocycles. The van der Waals surface area contributed by atoms with Gasteiger partial charge in [0.05, 0.1) is 12.7 Å². The van der Waals surface area contributed by atoms with Crippen molar-refractivity contribution in [2.24, 2.45) is 5.73 Å². The zero-order valence-electron chi connectivity index (χ0n) is 12.7. The second kappa shape index (κ2) is 7.07. The number of hydrogen-bond acceptors (Lipinski definition) is 4. The number of hydrogen-bond donors (Lipinski definition) is 1. The summed E-state index contributed by atoms with van der Waals surface area (Å²) in [6.07, 6.45) is 1.34. The first kappa shape index (κ1) is 15.3. The molecule has 0 aromatic heterocycles. The van der Waals surface area contributed by atoms with E-state index in [9.17, 15) is 0 Å². The van der Waals surface area contributed by atoms with E-state index in [1.54, 1.807) is 0 Å². The summed E-state index contributed by atoms with van der Waals surface area (Å²) in [5, 5.41) is 0. The van der Waals surface area contributed by atoms with Gasteiger partial charge < -0.3 is 15.2 Å². The number of likely N-dealkylation sites (N-methyl/N-ethyl adjacent to an activating group) is 1. The molecule has 1 aromatic carbocycles. The summed E-state index contributed by atoms with van der Waals surface area (Å²) in [6, 6.07) is 8.87. The molecule has 1 aliphatic rings. The first-order chi connectivity index (χ1) is 9.67. The van der Waals surface area contributed by atoms with Crippen molar-refractivity contribution < 1.29 is 9.47 Å². The molecule has 0 aliphatic carbocycles. The van der Waals surface area contributed by atoms with Crippen LogP contribution in [-0.2, 0) is 4.74 Å². The average Bonchev–Trinajstić information content (AvgIpc) is 2.86. The topological polar surface area (TPSA) is 47.7 Å². The summed E-state index contributed by atoms with van der Waals surface area (Å²) in [7, 11) is 2.14. The molecule has 1 saturated heterocycles. The lowest BCUT2D eigenvalue weighted by Crippen LogP contribution is -2.42. The first-order valence-corrected chi connectivity index (χ1v) is 7.43. The Morgan fingerprint density at radius 2 is 2.30 bits per heavy atom. The van der Waals surface area contributed by atoms with Crippen LogP contribution >= 0.6 is 0 Å². The van der Waals surface area contributed by atoms with Gasteiger partial charge in [0.2, 0.25) is 0 Å². The first-order valence-electron chi connectivity index (χ1n) is 7.43. The summed E-state index contributed by atoms with van der Waals surface area (Å²) in [4.78, 5) is 2.35. The standard InChI is InChI=1S/C16H26N2O2/c1-4-19-14-7-5-6-13(10-14)16(11-17)18(3)15-8-9-20-12(15)2/h5-7,10,12,15-16H,4,8-9,11,17H2,1-3H3. The van der Waals surface area contributed by atoms with Gasteiger partial charge in [-0.15, -0.1) is 0 Å². The van der Waals surface area contributed by atoms with E-state index in [-0.39, 0.29) is 12.1 Å². The molecular formula is C16H26N2O2. The van der Waals surface area contributed by atoms with E-state index < -0.39 is 0 Å². The Kier molecular flexibility index (Phi) is 5.40. The van der Waals surface area contributed by atoms with Gasteiger partial charge in [-0.1, -0.05) is 12.1 Å². The minimum atomic E-state index is 0.199. The summed E-state index contributed by atoms with van der Waals surface area (Å²) < 4.78 is 11.3. The maximum absolute atomic E-state index is 6.02. The van der Waals surface area contributed by atoms with E-state index in [1.807, 2.05) is 19.1 Å². The summed E-state index contributed by atoms with van der Waals surface area (Å²) in [5.74, 6) is 0.910. The molecule has 1 fully saturated rings. The van der Waals surface area contributed by atoms with Crippen LogP contribution in [0.5, 0.6) is 5.75 Å². The van der Waals surface area contributed by atoms with Crippen molar-refractivity contribution in [3.05, 3.63) is 29.8 Å². The van der Waals surface area contributed by atoms with Crippen LogP contribution in [-0.4, -0.2) is 43.9 Å². The fraction of sp³-hybridized carbons (Fsp3) is 0.625. The number of rotatable bonds is 6. The number of ether oxygens (including phenoxy) is 2. The SMILES string of the molecule is CCOc1cccc(C(CN)N(C)C2CCOC2C)c1. The van der Waals surface area contributed by atoms with E-state index in [2.05, 4.69) is 31.0 Å². The lowest BCUT2D eigenvalue weighted by Gasteiger charge is -2.34. The molecule has 0 amide bonds. The van der Waals surface area contributed by atoms with E-state index in [0.29, 0.717) is 19.2 Å². The predicted molar refractivity (Wildman–Crippen MR) is 81.0 cm³/mol. The van der Waals surface area contributed by atoms with Gasteiger partial charge in [-0.2, -0.15) is 0 Å². The van der Waals surface area contributed by atoms with Gasteiger partial charge in [-0.25, -0.2) is 0 Å². The summed E-state index contributed by atoms with van der Waals surface area (Å²) in [6.45, 7) is 6.25. The predicted octanol–water partition coefficient (Wildman–Crippen LogP) is 2.19. The molecule has 1 aromatic rings. The Labute approximate surface area is 121 Å². The highest BCUT2D eigenvalue weighted by atomic mass is 16.5. The minimum absolute atomic E-state index is 0.199. The van der Waals surface area contributed by atoms with Gasteiger partial charge in [0, 0.05) is 25.2 Å². The van der Waals surface area contributed by atoms with Crippen LogP contribution in [0.3, 0.4) is 0 Å². The maximum Gasteiger partial charge on any atom is 0.119 e. The molecule has 20 heavy (non-hydrogen) atoms. The Hall–Kier alpha value is -1.10.